The first kappa shape index (κ1) is 15.3. The van der Waals surface area contributed by atoms with E-state index in [2.05, 4.69) is 18.3 Å². The molecule has 0 heterocycles. The fraction of sp³-hybridized carbons (Fsp3) is 0.647. The molecule has 1 aromatic carbocycles. The molecular weight excluding hydrogens is 250 g/mol. The molecule has 20 heavy (non-hydrogen) atoms. The SMILES string of the molecule is COc1ccccc1C(C)NCC1(O)CCCCCC1. The highest BCUT2D eigenvalue weighted by Gasteiger charge is 2.28. The number of para-hydroxylation sites is 1. The number of benzene rings is 1. The van der Waals surface area contributed by atoms with Gasteiger partial charge in [-0.25, -0.2) is 0 Å². The maximum atomic E-state index is 10.7. The molecule has 1 saturated carbocycles. The Balaban J connectivity index is 1.95. The lowest BCUT2D eigenvalue weighted by Crippen LogP contribution is -2.41. The Morgan fingerprint density at radius 1 is 1.20 bits per heavy atom. The molecule has 1 unspecified atom stereocenters. The van der Waals surface area contributed by atoms with Crippen LogP contribution in [0.25, 0.3) is 0 Å². The van der Waals surface area contributed by atoms with Crippen molar-refractivity contribution in [3.05, 3.63) is 29.8 Å². The Morgan fingerprint density at radius 2 is 1.85 bits per heavy atom. The van der Waals surface area contributed by atoms with Crippen LogP contribution in [0.1, 0.15) is 57.1 Å². The molecule has 1 aliphatic carbocycles. The molecule has 1 aromatic rings. The van der Waals surface area contributed by atoms with Gasteiger partial charge in [0.1, 0.15) is 5.75 Å². The van der Waals surface area contributed by atoms with Gasteiger partial charge in [-0.1, -0.05) is 43.9 Å². The van der Waals surface area contributed by atoms with Gasteiger partial charge in [-0.2, -0.15) is 0 Å². The van der Waals surface area contributed by atoms with Crippen molar-refractivity contribution in [1.82, 2.24) is 5.32 Å². The van der Waals surface area contributed by atoms with E-state index in [1.54, 1.807) is 7.11 Å². The van der Waals surface area contributed by atoms with E-state index in [9.17, 15) is 5.11 Å². The molecule has 0 aliphatic heterocycles. The van der Waals surface area contributed by atoms with Gasteiger partial charge >= 0.3 is 0 Å². The summed E-state index contributed by atoms with van der Waals surface area (Å²) in [5.74, 6) is 0.903. The van der Waals surface area contributed by atoms with Gasteiger partial charge in [0.25, 0.3) is 0 Å². The second kappa shape index (κ2) is 7.09. The third-order valence-electron chi connectivity index (χ3n) is 4.38. The first-order valence-electron chi connectivity index (χ1n) is 7.73. The van der Waals surface area contributed by atoms with Crippen LogP contribution >= 0.6 is 0 Å². The number of methoxy groups -OCH3 is 1. The molecule has 2 rings (SSSR count). The van der Waals surface area contributed by atoms with Crippen molar-refractivity contribution in [3.8, 4) is 5.75 Å². The van der Waals surface area contributed by atoms with E-state index >= 15 is 0 Å². The Labute approximate surface area is 122 Å². The van der Waals surface area contributed by atoms with Gasteiger partial charge in [0.2, 0.25) is 0 Å². The van der Waals surface area contributed by atoms with E-state index in [0.29, 0.717) is 6.54 Å². The van der Waals surface area contributed by atoms with E-state index in [0.717, 1.165) is 37.0 Å². The molecule has 0 saturated heterocycles. The Hall–Kier alpha value is -1.06. The summed E-state index contributed by atoms with van der Waals surface area (Å²) in [6.45, 7) is 2.78. The quantitative estimate of drug-likeness (QED) is 0.810. The van der Waals surface area contributed by atoms with Gasteiger partial charge < -0.3 is 15.2 Å². The molecule has 3 nitrogen and oxygen atoms in total. The van der Waals surface area contributed by atoms with Crippen LogP contribution in [0.2, 0.25) is 0 Å². The predicted molar refractivity (Wildman–Crippen MR) is 82.1 cm³/mol. The lowest BCUT2D eigenvalue weighted by molar-refractivity contribution is 0.0231. The summed E-state index contributed by atoms with van der Waals surface area (Å²) < 4.78 is 5.40. The summed E-state index contributed by atoms with van der Waals surface area (Å²) in [4.78, 5) is 0. The lowest BCUT2D eigenvalue weighted by Gasteiger charge is -2.29. The number of nitrogens with one attached hydrogen (secondary N) is 1. The van der Waals surface area contributed by atoms with E-state index in [4.69, 9.17) is 4.74 Å². The van der Waals surface area contributed by atoms with Crippen LogP contribution in [0.15, 0.2) is 24.3 Å². The average molecular weight is 277 g/mol. The number of ether oxygens (including phenoxy) is 1. The molecule has 1 fully saturated rings. The van der Waals surface area contributed by atoms with Gasteiger partial charge in [-0.15, -0.1) is 0 Å². The highest BCUT2D eigenvalue weighted by atomic mass is 16.5. The summed E-state index contributed by atoms with van der Waals surface area (Å²) in [5.41, 5.74) is 0.611. The van der Waals surface area contributed by atoms with E-state index < -0.39 is 5.60 Å². The van der Waals surface area contributed by atoms with Gasteiger partial charge in [-0.3, -0.25) is 0 Å². The minimum absolute atomic E-state index is 0.179. The van der Waals surface area contributed by atoms with Crippen molar-refractivity contribution in [2.24, 2.45) is 0 Å². The van der Waals surface area contributed by atoms with Crippen molar-refractivity contribution < 1.29 is 9.84 Å². The summed E-state index contributed by atoms with van der Waals surface area (Å²) >= 11 is 0. The van der Waals surface area contributed by atoms with Gasteiger partial charge in [0.05, 0.1) is 12.7 Å². The molecular formula is C17H27NO2. The Kier molecular flexibility index (Phi) is 5.44. The highest BCUT2D eigenvalue weighted by Crippen LogP contribution is 2.28. The molecule has 112 valence electrons. The maximum absolute atomic E-state index is 10.7. The van der Waals surface area contributed by atoms with Crippen LogP contribution in [0, 0.1) is 0 Å². The Morgan fingerprint density at radius 3 is 2.50 bits per heavy atom. The summed E-state index contributed by atoms with van der Waals surface area (Å²) in [6.07, 6.45) is 6.62. The van der Waals surface area contributed by atoms with E-state index in [1.165, 1.54) is 12.8 Å². The molecule has 0 amide bonds. The zero-order valence-electron chi connectivity index (χ0n) is 12.7. The number of rotatable bonds is 5. The van der Waals surface area contributed by atoms with Gasteiger partial charge in [0, 0.05) is 18.2 Å². The summed E-state index contributed by atoms with van der Waals surface area (Å²) in [5, 5.41) is 14.2. The minimum atomic E-state index is -0.535. The number of hydrogen-bond acceptors (Lipinski definition) is 3. The smallest absolute Gasteiger partial charge is 0.123 e. The zero-order chi connectivity index (χ0) is 14.4. The summed E-state index contributed by atoms with van der Waals surface area (Å²) in [6, 6.07) is 8.24. The maximum Gasteiger partial charge on any atom is 0.123 e. The molecule has 2 N–H and O–H groups in total. The summed E-state index contributed by atoms with van der Waals surface area (Å²) in [7, 11) is 1.70. The fourth-order valence-corrected chi connectivity index (χ4v) is 3.04. The van der Waals surface area contributed by atoms with Crippen molar-refractivity contribution in [2.45, 2.75) is 57.1 Å². The second-order valence-corrected chi connectivity index (χ2v) is 5.98. The minimum Gasteiger partial charge on any atom is -0.496 e. The van der Waals surface area contributed by atoms with E-state index in [1.807, 2.05) is 18.2 Å². The van der Waals surface area contributed by atoms with Crippen LogP contribution in [0.4, 0.5) is 0 Å². The largest absolute Gasteiger partial charge is 0.496 e. The van der Waals surface area contributed by atoms with Crippen molar-refractivity contribution in [1.29, 1.82) is 0 Å². The van der Waals surface area contributed by atoms with Crippen molar-refractivity contribution in [2.75, 3.05) is 13.7 Å². The average Bonchev–Trinajstić information content (AvgIpc) is 2.70. The van der Waals surface area contributed by atoms with Crippen LogP contribution in [-0.4, -0.2) is 24.4 Å². The number of aliphatic hydroxyl groups is 1. The zero-order valence-corrected chi connectivity index (χ0v) is 12.7. The normalized spacial score (nSPS) is 20.1. The van der Waals surface area contributed by atoms with Gasteiger partial charge in [0.15, 0.2) is 0 Å². The topological polar surface area (TPSA) is 41.5 Å². The van der Waals surface area contributed by atoms with Crippen LogP contribution < -0.4 is 10.1 Å². The standard InChI is InChI=1S/C17H27NO2/c1-14(15-9-5-6-10-16(15)20-2)18-13-17(19)11-7-3-4-8-12-17/h5-6,9-10,14,18-19H,3-4,7-8,11-13H2,1-2H3. The second-order valence-electron chi connectivity index (χ2n) is 5.98. The van der Waals surface area contributed by atoms with Crippen LogP contribution in [-0.2, 0) is 0 Å². The Bertz CT molecular complexity index is 411. The lowest BCUT2D eigenvalue weighted by atomic mass is 9.94. The van der Waals surface area contributed by atoms with Gasteiger partial charge in [-0.05, 0) is 25.8 Å². The molecule has 0 spiro atoms. The third kappa shape index (κ3) is 3.97. The van der Waals surface area contributed by atoms with E-state index in [-0.39, 0.29) is 6.04 Å². The monoisotopic (exact) mass is 277 g/mol. The molecule has 1 aliphatic rings. The molecule has 0 bridgehead atoms. The van der Waals surface area contributed by atoms with Crippen LogP contribution in [0.5, 0.6) is 5.75 Å². The molecule has 1 atom stereocenters. The van der Waals surface area contributed by atoms with Crippen molar-refractivity contribution >= 4 is 0 Å². The highest BCUT2D eigenvalue weighted by molar-refractivity contribution is 5.35. The fourth-order valence-electron chi connectivity index (χ4n) is 3.04. The molecule has 0 radical (unpaired) electrons. The molecule has 0 aromatic heterocycles. The van der Waals surface area contributed by atoms with Crippen molar-refractivity contribution in [3.63, 3.8) is 0 Å². The first-order valence-corrected chi connectivity index (χ1v) is 7.73. The van der Waals surface area contributed by atoms with Crippen LogP contribution in [0.3, 0.4) is 0 Å². The predicted octanol–water partition coefficient (Wildman–Crippen LogP) is 3.43. The molecule has 3 heteroatoms. The third-order valence-corrected chi connectivity index (χ3v) is 4.38. The first-order chi connectivity index (χ1) is 9.64. The number of hydrogen-bond donors (Lipinski definition) is 2.